The number of hydrogen-bond acceptors (Lipinski definition) is 6. The Morgan fingerprint density at radius 1 is 1.35 bits per heavy atom. The van der Waals surface area contributed by atoms with Crippen LogP contribution in [0.2, 0.25) is 0 Å². The Hall–Kier alpha value is -1.64. The first kappa shape index (κ1) is 16.4. The summed E-state index contributed by atoms with van der Waals surface area (Å²) in [6.45, 7) is -0.920. The van der Waals surface area contributed by atoms with E-state index in [0.717, 1.165) is 0 Å². The van der Waals surface area contributed by atoms with E-state index in [4.69, 9.17) is 24.4 Å². The molecule has 20 heavy (non-hydrogen) atoms. The molecule has 0 spiro atoms. The van der Waals surface area contributed by atoms with Gasteiger partial charge in [0.25, 0.3) is 0 Å². The zero-order valence-corrected chi connectivity index (χ0v) is 11.3. The van der Waals surface area contributed by atoms with Crippen molar-refractivity contribution < 1.29 is 38.8 Å². The van der Waals surface area contributed by atoms with Gasteiger partial charge in [0.2, 0.25) is 0 Å². The highest BCUT2D eigenvalue weighted by Crippen LogP contribution is 2.48. The topological polar surface area (TPSA) is 146 Å². The van der Waals surface area contributed by atoms with E-state index in [0.29, 0.717) is 0 Å². The number of aliphatic hydroxyl groups is 1. The lowest BCUT2D eigenvalue weighted by Gasteiger charge is -2.29. The van der Waals surface area contributed by atoms with Gasteiger partial charge in [0.1, 0.15) is 0 Å². The minimum Gasteiger partial charge on any atom is -0.493 e. The summed E-state index contributed by atoms with van der Waals surface area (Å²) in [6.07, 6.45) is 0. The number of methoxy groups -OCH3 is 1. The third kappa shape index (κ3) is 3.92. The molecule has 112 valence electrons. The van der Waals surface area contributed by atoms with Crippen molar-refractivity contribution in [2.45, 2.75) is 5.65 Å². The van der Waals surface area contributed by atoms with Gasteiger partial charge in [-0.3, -0.25) is 9.36 Å². The number of benzene rings is 1. The summed E-state index contributed by atoms with van der Waals surface area (Å²) in [4.78, 5) is 28.7. The highest BCUT2D eigenvalue weighted by Gasteiger charge is 2.49. The van der Waals surface area contributed by atoms with Crippen LogP contribution in [0, 0.1) is 0 Å². The Balaban J connectivity index is 3.07. The molecular weight excluding hydrogens is 293 g/mol. The second kappa shape index (κ2) is 6.21. The molecule has 0 aliphatic heterocycles. The number of nitrogens with one attached hydrogen (secondary N) is 1. The predicted molar refractivity (Wildman–Crippen MR) is 66.3 cm³/mol. The number of carboxylic acid groups (broad SMARTS) is 1. The van der Waals surface area contributed by atoms with Crippen LogP contribution < -0.4 is 14.8 Å². The average Bonchev–Trinajstić information content (AvgIpc) is 2.35. The van der Waals surface area contributed by atoms with Gasteiger partial charge in [-0.15, -0.1) is 0 Å². The lowest BCUT2D eigenvalue weighted by atomic mass is 10.3. The minimum absolute atomic E-state index is 0.108. The van der Waals surface area contributed by atoms with Crippen LogP contribution in [0.3, 0.4) is 0 Å². The fourth-order valence-electron chi connectivity index (χ4n) is 1.25. The van der Waals surface area contributed by atoms with Gasteiger partial charge in [0.15, 0.2) is 11.5 Å². The number of carbonyl (C=O) groups is 1. The van der Waals surface area contributed by atoms with Crippen molar-refractivity contribution in [3.63, 3.8) is 0 Å². The molecule has 0 saturated heterocycles. The number of para-hydroxylation sites is 2. The molecule has 0 aliphatic rings. The first-order valence-corrected chi connectivity index (χ1v) is 6.87. The molecule has 1 aromatic rings. The Bertz CT molecular complexity index is 530. The molecule has 1 atom stereocenters. The lowest BCUT2D eigenvalue weighted by molar-refractivity contribution is -0.143. The van der Waals surface area contributed by atoms with E-state index in [2.05, 4.69) is 0 Å². The number of rotatable bonds is 7. The molecule has 0 aliphatic carbocycles. The first-order valence-electron chi connectivity index (χ1n) is 5.26. The van der Waals surface area contributed by atoms with E-state index in [1.54, 1.807) is 11.4 Å². The van der Waals surface area contributed by atoms with E-state index < -0.39 is 25.8 Å². The summed E-state index contributed by atoms with van der Waals surface area (Å²) in [5, 5.41) is 20.1. The maximum Gasteiger partial charge on any atom is 0.414 e. The molecule has 0 aromatic heterocycles. The fraction of sp³-hybridized carbons (Fsp3) is 0.300. The molecule has 1 rings (SSSR count). The molecule has 9 nitrogen and oxygen atoms in total. The van der Waals surface area contributed by atoms with E-state index in [9.17, 15) is 14.5 Å². The van der Waals surface area contributed by atoms with Crippen LogP contribution in [-0.2, 0) is 9.36 Å². The fourth-order valence-corrected chi connectivity index (χ4v) is 1.75. The second-order valence-electron chi connectivity index (χ2n) is 3.65. The number of aliphatic carboxylic acids is 1. The number of hydrogen-bond donors (Lipinski definition) is 5. The van der Waals surface area contributed by atoms with Crippen LogP contribution in [0.15, 0.2) is 24.3 Å². The molecule has 0 saturated carbocycles. The number of ether oxygens (including phenoxy) is 2. The van der Waals surface area contributed by atoms with Gasteiger partial charge in [0, 0.05) is 0 Å². The molecule has 1 unspecified atom stereocenters. The first-order chi connectivity index (χ1) is 9.19. The van der Waals surface area contributed by atoms with Crippen molar-refractivity contribution in [1.29, 1.82) is 0 Å². The second-order valence-corrected chi connectivity index (χ2v) is 5.35. The van der Waals surface area contributed by atoms with Gasteiger partial charge >= 0.3 is 19.2 Å². The van der Waals surface area contributed by atoms with E-state index >= 15 is 0 Å². The summed E-state index contributed by atoms with van der Waals surface area (Å²) in [5.74, 6) is -1.49. The lowest BCUT2D eigenvalue weighted by Crippen LogP contribution is -2.51. The van der Waals surface area contributed by atoms with E-state index in [-0.39, 0.29) is 11.5 Å². The standard InChI is InChI=1S/C10H14NO8P/c1-18-7-4-2-3-5-8(7)19-10(14,20(15,16)17)11-6-9(12)13/h2-5,11,14H,6H2,1H3,(H,12,13)(H2,15,16,17). The minimum atomic E-state index is -5.24. The van der Waals surface area contributed by atoms with Crippen LogP contribution in [0.1, 0.15) is 0 Å². The Labute approximate surface area is 113 Å². The maximum absolute atomic E-state index is 11.3. The molecule has 0 heterocycles. The zero-order valence-electron chi connectivity index (χ0n) is 10.4. The Morgan fingerprint density at radius 3 is 2.35 bits per heavy atom. The van der Waals surface area contributed by atoms with Crippen molar-refractivity contribution in [1.82, 2.24) is 5.32 Å². The van der Waals surface area contributed by atoms with Crippen molar-refractivity contribution in [2.24, 2.45) is 0 Å². The Kier molecular flexibility index (Phi) is 5.09. The van der Waals surface area contributed by atoms with Crippen LogP contribution >= 0.6 is 7.60 Å². The van der Waals surface area contributed by atoms with Gasteiger partial charge in [0.05, 0.1) is 13.7 Å². The zero-order chi connectivity index (χ0) is 15.4. The summed E-state index contributed by atoms with van der Waals surface area (Å²) < 4.78 is 21.0. The van der Waals surface area contributed by atoms with Gasteiger partial charge in [-0.1, -0.05) is 12.1 Å². The van der Waals surface area contributed by atoms with Crippen molar-refractivity contribution in [3.8, 4) is 11.5 Å². The summed E-state index contributed by atoms with van der Waals surface area (Å²) in [7, 11) is -3.94. The van der Waals surface area contributed by atoms with Crippen molar-refractivity contribution in [3.05, 3.63) is 24.3 Å². The third-order valence-electron chi connectivity index (χ3n) is 2.19. The molecule has 0 radical (unpaired) electrons. The van der Waals surface area contributed by atoms with Crippen molar-refractivity contribution in [2.75, 3.05) is 13.7 Å². The highest BCUT2D eigenvalue weighted by atomic mass is 31.2. The Morgan fingerprint density at radius 2 is 1.90 bits per heavy atom. The van der Waals surface area contributed by atoms with E-state index in [1.165, 1.54) is 25.3 Å². The van der Waals surface area contributed by atoms with Crippen LogP contribution in [-0.4, -0.2) is 45.3 Å². The van der Waals surface area contributed by atoms with Crippen LogP contribution in [0.5, 0.6) is 11.5 Å². The van der Waals surface area contributed by atoms with Crippen LogP contribution in [0.4, 0.5) is 0 Å². The smallest absolute Gasteiger partial charge is 0.414 e. The molecule has 10 heteroatoms. The summed E-state index contributed by atoms with van der Waals surface area (Å²) in [6, 6.07) is 5.79. The van der Waals surface area contributed by atoms with E-state index in [1.807, 2.05) is 0 Å². The number of carboxylic acids is 1. The molecule has 1 aromatic carbocycles. The summed E-state index contributed by atoms with van der Waals surface area (Å²) >= 11 is 0. The molecule has 5 N–H and O–H groups in total. The van der Waals surface area contributed by atoms with Gasteiger partial charge < -0.3 is 29.5 Å². The predicted octanol–water partition coefficient (Wildman–Crippen LogP) is -0.471. The molecule has 0 fully saturated rings. The quantitative estimate of drug-likeness (QED) is 0.333. The highest BCUT2D eigenvalue weighted by molar-refractivity contribution is 7.53. The SMILES string of the molecule is COc1ccccc1OC(O)(NCC(=O)O)P(=O)(O)O. The maximum atomic E-state index is 11.3. The van der Waals surface area contributed by atoms with Crippen LogP contribution in [0.25, 0.3) is 0 Å². The largest absolute Gasteiger partial charge is 0.493 e. The molecule has 0 amide bonds. The van der Waals surface area contributed by atoms with Gasteiger partial charge in [-0.05, 0) is 12.1 Å². The summed E-state index contributed by atoms with van der Waals surface area (Å²) in [5.41, 5.74) is -3.18. The normalized spacial score (nSPS) is 14.4. The molecular formula is C10H14NO8P. The molecule has 0 bridgehead atoms. The monoisotopic (exact) mass is 307 g/mol. The van der Waals surface area contributed by atoms with Gasteiger partial charge in [-0.2, -0.15) is 0 Å². The average molecular weight is 307 g/mol. The third-order valence-corrected chi connectivity index (χ3v) is 3.23. The van der Waals surface area contributed by atoms with Gasteiger partial charge in [-0.25, -0.2) is 5.32 Å². The van der Waals surface area contributed by atoms with Crippen molar-refractivity contribution >= 4 is 13.6 Å².